The molecule has 22 heavy (non-hydrogen) atoms. The number of aliphatic hydroxyl groups excluding tert-OH is 1. The molecule has 1 aliphatic rings. The maximum absolute atomic E-state index is 10.3. The second-order valence-corrected chi connectivity index (χ2v) is 8.03. The Balaban J connectivity index is 2.16. The van der Waals surface area contributed by atoms with Crippen LogP contribution in [0.25, 0.3) is 0 Å². The maximum atomic E-state index is 10.3. The summed E-state index contributed by atoms with van der Waals surface area (Å²) in [6, 6.07) is 6.38. The number of rotatable bonds is 6. The largest absolute Gasteiger partial charge is 0.487 e. The average Bonchev–Trinajstić information content (AvgIpc) is 2.41. The second kappa shape index (κ2) is 6.62. The van der Waals surface area contributed by atoms with Gasteiger partial charge in [-0.15, -0.1) is 0 Å². The Morgan fingerprint density at radius 3 is 2.64 bits per heavy atom. The highest BCUT2D eigenvalue weighted by Gasteiger charge is 2.33. The highest BCUT2D eigenvalue weighted by atomic mass is 16.5. The van der Waals surface area contributed by atoms with Crippen LogP contribution in [-0.4, -0.2) is 10.7 Å². The van der Waals surface area contributed by atoms with Crippen LogP contribution in [0.2, 0.25) is 0 Å². The van der Waals surface area contributed by atoms with Gasteiger partial charge in [-0.2, -0.15) is 0 Å². The first-order valence-electron chi connectivity index (χ1n) is 8.77. The summed E-state index contributed by atoms with van der Waals surface area (Å²) < 4.78 is 6.11. The lowest BCUT2D eigenvalue weighted by molar-refractivity contribution is 0.0114. The van der Waals surface area contributed by atoms with Gasteiger partial charge in [-0.25, -0.2) is 0 Å². The quantitative estimate of drug-likeness (QED) is 0.700. The van der Waals surface area contributed by atoms with Gasteiger partial charge >= 0.3 is 0 Å². The summed E-state index contributed by atoms with van der Waals surface area (Å²) in [6.45, 7) is 11.0. The smallest absolute Gasteiger partial charge is 0.126 e. The Morgan fingerprint density at radius 1 is 1.23 bits per heavy atom. The van der Waals surface area contributed by atoms with Gasteiger partial charge in [0.25, 0.3) is 0 Å². The van der Waals surface area contributed by atoms with Gasteiger partial charge in [-0.1, -0.05) is 58.6 Å². The van der Waals surface area contributed by atoms with Crippen LogP contribution in [0.4, 0.5) is 0 Å². The molecule has 0 radical (unpaired) electrons. The molecule has 0 spiro atoms. The molecule has 1 aromatic rings. The Hall–Kier alpha value is -1.02. The number of hydrogen-bond acceptors (Lipinski definition) is 2. The Kier molecular flexibility index (Phi) is 5.21. The average molecular weight is 304 g/mol. The Bertz CT molecular complexity index is 502. The molecule has 124 valence electrons. The molecule has 1 heterocycles. The zero-order chi connectivity index (χ0) is 16.4. The number of aliphatic hydroxyl groups is 1. The second-order valence-electron chi connectivity index (χ2n) is 8.03. The standard InChI is InChI=1S/C20H32O2/c1-6-7-8-9-12-19(2,3)15-10-11-16-17(21)14-20(4,5)22-18(16)13-15/h10-11,13,17,21H,6-9,12,14H2,1-5H3. The summed E-state index contributed by atoms with van der Waals surface area (Å²) in [4.78, 5) is 0. The lowest BCUT2D eigenvalue weighted by Crippen LogP contribution is -2.35. The lowest BCUT2D eigenvalue weighted by atomic mass is 9.78. The van der Waals surface area contributed by atoms with Gasteiger partial charge in [0.2, 0.25) is 0 Å². The molecule has 0 saturated heterocycles. The molecular weight excluding hydrogens is 272 g/mol. The van der Waals surface area contributed by atoms with Crippen LogP contribution in [0.1, 0.15) is 90.4 Å². The Labute approximate surface area is 135 Å². The van der Waals surface area contributed by atoms with Crippen LogP contribution in [0, 0.1) is 0 Å². The fraction of sp³-hybridized carbons (Fsp3) is 0.700. The number of ether oxygens (including phenoxy) is 1. The van der Waals surface area contributed by atoms with E-state index in [1.54, 1.807) is 0 Å². The third-order valence-electron chi connectivity index (χ3n) is 4.88. The summed E-state index contributed by atoms with van der Waals surface area (Å²) >= 11 is 0. The summed E-state index contributed by atoms with van der Waals surface area (Å²) in [5, 5.41) is 10.3. The van der Waals surface area contributed by atoms with Crippen molar-refractivity contribution in [1.29, 1.82) is 0 Å². The predicted molar refractivity (Wildman–Crippen MR) is 92.5 cm³/mol. The fourth-order valence-electron chi connectivity index (χ4n) is 3.37. The third-order valence-corrected chi connectivity index (χ3v) is 4.88. The van der Waals surface area contributed by atoms with Crippen molar-refractivity contribution in [2.75, 3.05) is 0 Å². The molecule has 0 bridgehead atoms. The topological polar surface area (TPSA) is 29.5 Å². The van der Waals surface area contributed by atoms with Crippen LogP contribution in [-0.2, 0) is 5.41 Å². The summed E-state index contributed by atoms with van der Waals surface area (Å²) in [5.41, 5.74) is 2.10. The van der Waals surface area contributed by atoms with Crippen molar-refractivity contribution in [1.82, 2.24) is 0 Å². The molecule has 1 atom stereocenters. The minimum absolute atomic E-state index is 0.151. The first-order chi connectivity index (χ1) is 10.2. The molecule has 0 saturated carbocycles. The zero-order valence-corrected chi connectivity index (χ0v) is 14.9. The number of unbranched alkanes of at least 4 members (excludes halogenated alkanes) is 3. The molecule has 1 N–H and O–H groups in total. The van der Waals surface area contributed by atoms with Crippen molar-refractivity contribution in [2.45, 2.75) is 90.3 Å². The molecule has 2 nitrogen and oxygen atoms in total. The number of fused-ring (bicyclic) bond motifs is 1. The van der Waals surface area contributed by atoms with Crippen molar-refractivity contribution >= 4 is 0 Å². The molecule has 1 aliphatic heterocycles. The maximum Gasteiger partial charge on any atom is 0.126 e. The molecule has 0 fully saturated rings. The van der Waals surface area contributed by atoms with Crippen molar-refractivity contribution in [3.63, 3.8) is 0 Å². The minimum atomic E-state index is -0.416. The monoisotopic (exact) mass is 304 g/mol. The van der Waals surface area contributed by atoms with Gasteiger partial charge in [0, 0.05) is 12.0 Å². The third kappa shape index (κ3) is 4.04. The van der Waals surface area contributed by atoms with Crippen LogP contribution in [0.3, 0.4) is 0 Å². The molecule has 0 aliphatic carbocycles. The van der Waals surface area contributed by atoms with Crippen molar-refractivity contribution < 1.29 is 9.84 Å². The van der Waals surface area contributed by atoms with Crippen LogP contribution in [0.5, 0.6) is 5.75 Å². The van der Waals surface area contributed by atoms with E-state index < -0.39 is 6.10 Å². The summed E-state index contributed by atoms with van der Waals surface area (Å²) in [7, 11) is 0. The molecular formula is C20H32O2. The first kappa shape index (κ1) is 17.3. The first-order valence-corrected chi connectivity index (χ1v) is 8.77. The van der Waals surface area contributed by atoms with Crippen LogP contribution >= 0.6 is 0 Å². The molecule has 2 heteroatoms. The fourth-order valence-corrected chi connectivity index (χ4v) is 3.37. The molecule has 1 unspecified atom stereocenters. The SMILES string of the molecule is CCCCCCC(C)(C)c1ccc2c(c1)OC(C)(C)CC2O. The highest BCUT2D eigenvalue weighted by molar-refractivity contribution is 5.43. The van der Waals surface area contributed by atoms with E-state index in [-0.39, 0.29) is 11.0 Å². The lowest BCUT2D eigenvalue weighted by Gasteiger charge is -2.36. The number of hydrogen-bond donors (Lipinski definition) is 1. The van der Waals surface area contributed by atoms with E-state index in [1.165, 1.54) is 37.7 Å². The van der Waals surface area contributed by atoms with E-state index in [0.717, 1.165) is 11.3 Å². The van der Waals surface area contributed by atoms with E-state index in [1.807, 2.05) is 13.8 Å². The van der Waals surface area contributed by atoms with E-state index in [4.69, 9.17) is 4.74 Å². The van der Waals surface area contributed by atoms with Gasteiger partial charge < -0.3 is 9.84 Å². The Morgan fingerprint density at radius 2 is 1.95 bits per heavy atom. The van der Waals surface area contributed by atoms with Crippen molar-refractivity contribution in [2.24, 2.45) is 0 Å². The highest BCUT2D eigenvalue weighted by Crippen LogP contribution is 2.42. The molecule has 0 amide bonds. The number of benzene rings is 1. The van der Waals surface area contributed by atoms with E-state index in [2.05, 4.69) is 39.0 Å². The van der Waals surface area contributed by atoms with E-state index in [9.17, 15) is 5.11 Å². The molecule has 2 rings (SSSR count). The van der Waals surface area contributed by atoms with Gasteiger partial charge in [0.05, 0.1) is 6.10 Å². The van der Waals surface area contributed by atoms with E-state index in [0.29, 0.717) is 6.42 Å². The van der Waals surface area contributed by atoms with Gasteiger partial charge in [0.15, 0.2) is 0 Å². The van der Waals surface area contributed by atoms with Crippen molar-refractivity contribution in [3.8, 4) is 5.75 Å². The van der Waals surface area contributed by atoms with Gasteiger partial charge in [0.1, 0.15) is 11.4 Å². The van der Waals surface area contributed by atoms with Crippen LogP contribution in [0.15, 0.2) is 18.2 Å². The van der Waals surface area contributed by atoms with Gasteiger partial charge in [-0.3, -0.25) is 0 Å². The summed E-state index contributed by atoms with van der Waals surface area (Å²) in [6.07, 6.45) is 6.61. The van der Waals surface area contributed by atoms with Crippen molar-refractivity contribution in [3.05, 3.63) is 29.3 Å². The van der Waals surface area contributed by atoms with E-state index >= 15 is 0 Å². The van der Waals surface area contributed by atoms with Gasteiger partial charge in [-0.05, 0) is 37.3 Å². The normalized spacial score (nSPS) is 20.4. The van der Waals surface area contributed by atoms with Crippen LogP contribution < -0.4 is 4.74 Å². The molecule has 1 aromatic carbocycles. The predicted octanol–water partition coefficient (Wildman–Crippen LogP) is 5.53. The minimum Gasteiger partial charge on any atom is -0.487 e. The molecule has 0 aromatic heterocycles. The summed E-state index contributed by atoms with van der Waals surface area (Å²) in [5.74, 6) is 0.864. The zero-order valence-electron chi connectivity index (χ0n) is 14.9.